The van der Waals surface area contributed by atoms with Gasteiger partial charge in [0.2, 0.25) is 0 Å². The summed E-state index contributed by atoms with van der Waals surface area (Å²) in [7, 11) is 0. The molecular weight excluding hydrogens is 152 g/mol. The molecule has 0 aliphatic rings. The maximum Gasteiger partial charge on any atom is 0.151 e. The number of aldehydes is 1. The first-order valence-electron chi connectivity index (χ1n) is 3.22. The van der Waals surface area contributed by atoms with Crippen molar-refractivity contribution in [3.8, 4) is 0 Å². The summed E-state index contributed by atoms with van der Waals surface area (Å²) in [5, 5.41) is 34.6. The summed E-state index contributed by atoms with van der Waals surface area (Å²) in [5.41, 5.74) is 0. The van der Waals surface area contributed by atoms with Gasteiger partial charge in [-0.15, -0.1) is 0 Å². The highest BCUT2D eigenvalue weighted by atomic mass is 16.3. The van der Waals surface area contributed by atoms with Crippen molar-refractivity contribution in [2.24, 2.45) is 0 Å². The van der Waals surface area contributed by atoms with Crippen molar-refractivity contribution in [1.82, 2.24) is 0 Å². The van der Waals surface area contributed by atoms with E-state index < -0.39 is 24.9 Å². The van der Waals surface area contributed by atoms with Crippen LogP contribution < -0.4 is 0 Å². The third-order valence-corrected chi connectivity index (χ3v) is 1.26. The molecule has 5 heteroatoms. The summed E-state index contributed by atoms with van der Waals surface area (Å²) in [4.78, 5) is 9.86. The average molecular weight is 164 g/mol. The lowest BCUT2D eigenvalue weighted by molar-refractivity contribution is -0.121. The van der Waals surface area contributed by atoms with Crippen molar-refractivity contribution in [3.63, 3.8) is 0 Å². The van der Waals surface area contributed by atoms with Gasteiger partial charge in [-0.05, 0) is 0 Å². The summed E-state index contributed by atoms with van der Waals surface area (Å²) in [6.45, 7) is -0.497. The molecule has 0 aromatic rings. The van der Waals surface area contributed by atoms with Crippen molar-refractivity contribution < 1.29 is 25.2 Å². The van der Waals surface area contributed by atoms with E-state index in [1.165, 1.54) is 0 Å². The topological polar surface area (TPSA) is 98.0 Å². The average Bonchev–Trinajstić information content (AvgIpc) is 2.02. The lowest BCUT2D eigenvalue weighted by Crippen LogP contribution is -2.32. The maximum absolute atomic E-state index is 9.86. The number of hydrogen-bond acceptors (Lipinski definition) is 5. The van der Waals surface area contributed by atoms with Gasteiger partial charge in [-0.2, -0.15) is 0 Å². The minimum absolute atomic E-state index is 0.175. The van der Waals surface area contributed by atoms with E-state index in [4.69, 9.17) is 20.4 Å². The van der Waals surface area contributed by atoms with Crippen LogP contribution in [-0.2, 0) is 4.79 Å². The second kappa shape index (κ2) is 5.20. The summed E-state index contributed by atoms with van der Waals surface area (Å²) < 4.78 is 0. The van der Waals surface area contributed by atoms with E-state index in [0.717, 1.165) is 0 Å². The number of hydrogen-bond donors (Lipinski definition) is 4. The van der Waals surface area contributed by atoms with Crippen molar-refractivity contribution in [2.75, 3.05) is 6.61 Å². The zero-order valence-electron chi connectivity index (χ0n) is 5.92. The van der Waals surface area contributed by atoms with Crippen LogP contribution in [0.3, 0.4) is 0 Å². The number of aliphatic hydroxyl groups is 4. The van der Waals surface area contributed by atoms with Gasteiger partial charge >= 0.3 is 0 Å². The largest absolute Gasteiger partial charge is 0.394 e. The molecule has 0 aliphatic heterocycles. The highest BCUT2D eigenvalue weighted by molar-refractivity contribution is 5.56. The standard InChI is InChI=1S/C6H12O5/c7-2-4(9)1-5(10)6(11)3-8/h3-7,9-11H,1-2H2. The molecule has 4 N–H and O–H groups in total. The Morgan fingerprint density at radius 1 is 1.27 bits per heavy atom. The molecule has 5 nitrogen and oxygen atoms in total. The predicted molar refractivity (Wildman–Crippen MR) is 35.8 cm³/mol. The highest BCUT2D eigenvalue weighted by Gasteiger charge is 2.18. The molecule has 11 heavy (non-hydrogen) atoms. The molecular formula is C6H12O5. The first-order chi connectivity index (χ1) is 5.11. The van der Waals surface area contributed by atoms with Crippen LogP contribution in [0.4, 0.5) is 0 Å². The molecule has 0 rings (SSSR count). The van der Waals surface area contributed by atoms with E-state index in [1.54, 1.807) is 0 Å². The summed E-state index contributed by atoms with van der Waals surface area (Å²) in [5.74, 6) is 0. The fraction of sp³-hybridized carbons (Fsp3) is 0.833. The molecule has 0 heterocycles. The molecule has 0 radical (unpaired) electrons. The minimum atomic E-state index is -1.49. The summed E-state index contributed by atoms with van der Waals surface area (Å²) in [6.07, 6.45) is -3.93. The van der Waals surface area contributed by atoms with Crippen LogP contribution in [0.25, 0.3) is 0 Å². The molecule has 0 amide bonds. The van der Waals surface area contributed by atoms with Gasteiger partial charge in [0.05, 0.1) is 18.8 Å². The fourth-order valence-electron chi connectivity index (χ4n) is 0.583. The first kappa shape index (κ1) is 10.5. The molecule has 0 fully saturated rings. The van der Waals surface area contributed by atoms with Gasteiger partial charge in [-0.1, -0.05) is 0 Å². The fourth-order valence-corrected chi connectivity index (χ4v) is 0.583. The Balaban J connectivity index is 3.66. The Morgan fingerprint density at radius 2 is 1.82 bits per heavy atom. The van der Waals surface area contributed by atoms with Crippen molar-refractivity contribution in [2.45, 2.75) is 24.7 Å². The van der Waals surface area contributed by atoms with Gasteiger partial charge in [-0.3, -0.25) is 0 Å². The van der Waals surface area contributed by atoms with Gasteiger partial charge in [-0.25, -0.2) is 0 Å². The van der Waals surface area contributed by atoms with E-state index in [0.29, 0.717) is 0 Å². The normalized spacial score (nSPS) is 18.9. The first-order valence-corrected chi connectivity index (χ1v) is 3.22. The van der Waals surface area contributed by atoms with Crippen molar-refractivity contribution in [1.29, 1.82) is 0 Å². The Labute approximate surface area is 63.9 Å². The Kier molecular flexibility index (Phi) is 4.97. The second-order valence-electron chi connectivity index (χ2n) is 2.27. The molecule has 0 saturated carbocycles. The molecule has 3 unspecified atom stereocenters. The van der Waals surface area contributed by atoms with Crippen LogP contribution in [-0.4, -0.2) is 51.6 Å². The van der Waals surface area contributed by atoms with Crippen LogP contribution in [0.15, 0.2) is 0 Å². The van der Waals surface area contributed by atoms with E-state index in [1.807, 2.05) is 0 Å². The van der Waals surface area contributed by atoms with Gasteiger partial charge in [0.15, 0.2) is 6.29 Å². The van der Waals surface area contributed by atoms with Crippen molar-refractivity contribution >= 4 is 6.29 Å². The van der Waals surface area contributed by atoms with E-state index in [2.05, 4.69) is 0 Å². The summed E-state index contributed by atoms with van der Waals surface area (Å²) in [6, 6.07) is 0. The molecule has 0 saturated heterocycles. The minimum Gasteiger partial charge on any atom is -0.394 e. The monoisotopic (exact) mass is 164 g/mol. The molecule has 0 spiro atoms. The van der Waals surface area contributed by atoms with Crippen LogP contribution >= 0.6 is 0 Å². The number of carbonyl (C=O) groups excluding carboxylic acids is 1. The van der Waals surface area contributed by atoms with Gasteiger partial charge in [0.1, 0.15) is 6.10 Å². The van der Waals surface area contributed by atoms with Gasteiger partial charge in [0.25, 0.3) is 0 Å². The van der Waals surface area contributed by atoms with Crippen LogP contribution in [0.1, 0.15) is 6.42 Å². The SMILES string of the molecule is O=CC(O)C(O)CC(O)CO. The lowest BCUT2D eigenvalue weighted by Gasteiger charge is -2.14. The van der Waals surface area contributed by atoms with E-state index >= 15 is 0 Å². The Morgan fingerprint density at radius 3 is 2.18 bits per heavy atom. The van der Waals surface area contributed by atoms with Crippen LogP contribution in [0.2, 0.25) is 0 Å². The lowest BCUT2D eigenvalue weighted by atomic mass is 10.1. The maximum atomic E-state index is 9.86. The van der Waals surface area contributed by atoms with Gasteiger partial charge < -0.3 is 25.2 Å². The smallest absolute Gasteiger partial charge is 0.151 e. The zero-order chi connectivity index (χ0) is 8.85. The third kappa shape index (κ3) is 4.05. The second-order valence-corrected chi connectivity index (χ2v) is 2.27. The molecule has 0 aromatic carbocycles. The van der Waals surface area contributed by atoms with Crippen LogP contribution in [0.5, 0.6) is 0 Å². The van der Waals surface area contributed by atoms with Crippen molar-refractivity contribution in [3.05, 3.63) is 0 Å². The summed E-state index contributed by atoms with van der Waals surface area (Å²) >= 11 is 0. The third-order valence-electron chi connectivity index (χ3n) is 1.26. The Hall–Kier alpha value is -0.490. The Bertz CT molecular complexity index is 116. The number of rotatable bonds is 5. The van der Waals surface area contributed by atoms with Crippen LogP contribution in [0, 0.1) is 0 Å². The van der Waals surface area contributed by atoms with Gasteiger partial charge in [0, 0.05) is 6.42 Å². The molecule has 0 bridgehead atoms. The molecule has 0 aliphatic carbocycles. The molecule has 3 atom stereocenters. The van der Waals surface area contributed by atoms with E-state index in [-0.39, 0.29) is 12.7 Å². The number of carbonyl (C=O) groups is 1. The molecule has 66 valence electrons. The quantitative estimate of drug-likeness (QED) is 0.341. The highest BCUT2D eigenvalue weighted by Crippen LogP contribution is 2.00. The predicted octanol–water partition coefficient (Wildman–Crippen LogP) is -2.35. The number of aliphatic hydroxyl groups excluding tert-OH is 4. The van der Waals surface area contributed by atoms with E-state index in [9.17, 15) is 4.79 Å². The molecule has 0 aromatic heterocycles. The zero-order valence-corrected chi connectivity index (χ0v) is 5.92.